The maximum absolute atomic E-state index is 8.78. The minimum Gasteiger partial charge on any atom is -0.392 e. The zero-order chi connectivity index (χ0) is 9.56. The van der Waals surface area contributed by atoms with Gasteiger partial charge in [0.1, 0.15) is 0 Å². The van der Waals surface area contributed by atoms with Crippen molar-refractivity contribution in [1.82, 2.24) is 0 Å². The lowest BCUT2D eigenvalue weighted by Gasteiger charge is -2.04. The molecule has 0 aromatic heterocycles. The summed E-state index contributed by atoms with van der Waals surface area (Å²) in [6, 6.07) is 0. The van der Waals surface area contributed by atoms with Crippen molar-refractivity contribution < 1.29 is 5.11 Å². The molecule has 0 rings (SSSR count). The molecule has 0 fully saturated rings. The Labute approximate surface area is 75.8 Å². The Morgan fingerprint density at radius 1 is 1.33 bits per heavy atom. The standard InChI is InChI=1S/C11H20O/c1-9(2)5-6-10(3)7-11(4)8-12/h5,7,10,12H,6,8H2,1-4H3. The molecule has 0 aliphatic carbocycles. The van der Waals surface area contributed by atoms with Crippen molar-refractivity contribution in [3.8, 4) is 0 Å². The number of aliphatic hydroxyl groups excluding tert-OH is 1. The predicted molar refractivity (Wildman–Crippen MR) is 54.1 cm³/mol. The normalized spacial score (nSPS) is 14.2. The third-order valence-electron chi connectivity index (χ3n) is 1.72. The summed E-state index contributed by atoms with van der Waals surface area (Å²) in [5.41, 5.74) is 2.42. The fourth-order valence-electron chi connectivity index (χ4n) is 1.03. The van der Waals surface area contributed by atoms with E-state index in [1.807, 2.05) is 6.92 Å². The molecule has 1 heteroatoms. The summed E-state index contributed by atoms with van der Waals surface area (Å²) in [5.74, 6) is 0.534. The topological polar surface area (TPSA) is 20.2 Å². The highest BCUT2D eigenvalue weighted by atomic mass is 16.3. The van der Waals surface area contributed by atoms with Gasteiger partial charge in [0.2, 0.25) is 0 Å². The van der Waals surface area contributed by atoms with Gasteiger partial charge in [0.25, 0.3) is 0 Å². The van der Waals surface area contributed by atoms with Crippen LogP contribution >= 0.6 is 0 Å². The maximum atomic E-state index is 8.78. The van der Waals surface area contributed by atoms with Crippen molar-refractivity contribution in [2.45, 2.75) is 34.1 Å². The molecular formula is C11H20O. The highest BCUT2D eigenvalue weighted by molar-refractivity contribution is 5.03. The first-order valence-corrected chi connectivity index (χ1v) is 4.47. The second kappa shape index (κ2) is 6.01. The monoisotopic (exact) mass is 168 g/mol. The summed E-state index contributed by atoms with van der Waals surface area (Å²) < 4.78 is 0. The van der Waals surface area contributed by atoms with E-state index in [4.69, 9.17) is 5.11 Å². The summed E-state index contributed by atoms with van der Waals surface area (Å²) in [5, 5.41) is 8.78. The van der Waals surface area contributed by atoms with Crippen molar-refractivity contribution >= 4 is 0 Å². The largest absolute Gasteiger partial charge is 0.392 e. The highest BCUT2D eigenvalue weighted by Gasteiger charge is 1.95. The molecule has 0 radical (unpaired) electrons. The van der Waals surface area contributed by atoms with E-state index in [-0.39, 0.29) is 6.61 Å². The van der Waals surface area contributed by atoms with Gasteiger partial charge >= 0.3 is 0 Å². The summed E-state index contributed by atoms with van der Waals surface area (Å²) in [6.07, 6.45) is 5.42. The summed E-state index contributed by atoms with van der Waals surface area (Å²) >= 11 is 0. The molecule has 0 saturated carbocycles. The molecule has 12 heavy (non-hydrogen) atoms. The van der Waals surface area contributed by atoms with Gasteiger partial charge in [-0.1, -0.05) is 30.2 Å². The molecule has 0 aliphatic heterocycles. The molecule has 0 spiro atoms. The molecule has 0 amide bonds. The molecule has 0 aromatic carbocycles. The molecule has 0 heterocycles. The lowest BCUT2D eigenvalue weighted by molar-refractivity contribution is 0.330. The van der Waals surface area contributed by atoms with E-state index in [9.17, 15) is 0 Å². The van der Waals surface area contributed by atoms with Crippen LogP contribution in [-0.4, -0.2) is 11.7 Å². The number of allylic oxidation sites excluding steroid dienone is 3. The van der Waals surface area contributed by atoms with Crippen LogP contribution in [0.25, 0.3) is 0 Å². The van der Waals surface area contributed by atoms with Gasteiger partial charge in [-0.05, 0) is 33.1 Å². The number of hydrogen-bond acceptors (Lipinski definition) is 1. The van der Waals surface area contributed by atoms with E-state index in [0.717, 1.165) is 12.0 Å². The zero-order valence-corrected chi connectivity index (χ0v) is 8.59. The SMILES string of the molecule is CC(C)=CCC(C)C=C(C)CO. The molecule has 0 saturated heterocycles. The third kappa shape index (κ3) is 6.17. The van der Waals surface area contributed by atoms with Gasteiger partial charge in [-0.25, -0.2) is 0 Å². The fraction of sp³-hybridized carbons (Fsp3) is 0.636. The minimum absolute atomic E-state index is 0.180. The molecule has 1 nitrogen and oxygen atoms in total. The molecule has 70 valence electrons. The van der Waals surface area contributed by atoms with Crippen LogP contribution in [-0.2, 0) is 0 Å². The van der Waals surface area contributed by atoms with E-state index < -0.39 is 0 Å². The van der Waals surface area contributed by atoms with Crippen molar-refractivity contribution in [3.63, 3.8) is 0 Å². The van der Waals surface area contributed by atoms with Crippen LogP contribution in [0.3, 0.4) is 0 Å². The molecule has 1 N–H and O–H groups in total. The third-order valence-corrected chi connectivity index (χ3v) is 1.72. The molecule has 0 aliphatic rings. The summed E-state index contributed by atoms with van der Waals surface area (Å²) in [6.45, 7) is 8.52. The molecule has 1 atom stereocenters. The van der Waals surface area contributed by atoms with Gasteiger partial charge in [0.15, 0.2) is 0 Å². The molecule has 1 unspecified atom stereocenters. The van der Waals surface area contributed by atoms with Gasteiger partial charge in [-0.3, -0.25) is 0 Å². The Kier molecular flexibility index (Phi) is 5.73. The van der Waals surface area contributed by atoms with E-state index in [2.05, 4.69) is 32.9 Å². The quantitative estimate of drug-likeness (QED) is 0.640. The number of aliphatic hydroxyl groups is 1. The van der Waals surface area contributed by atoms with Crippen LogP contribution < -0.4 is 0 Å². The average molecular weight is 168 g/mol. The Hall–Kier alpha value is -0.560. The fourth-order valence-corrected chi connectivity index (χ4v) is 1.03. The van der Waals surface area contributed by atoms with Crippen LogP contribution in [0.15, 0.2) is 23.3 Å². The zero-order valence-electron chi connectivity index (χ0n) is 8.59. The highest BCUT2D eigenvalue weighted by Crippen LogP contribution is 2.09. The van der Waals surface area contributed by atoms with E-state index in [0.29, 0.717) is 5.92 Å². The minimum atomic E-state index is 0.180. The van der Waals surface area contributed by atoms with Gasteiger partial charge in [0.05, 0.1) is 6.61 Å². The van der Waals surface area contributed by atoms with Gasteiger partial charge in [-0.2, -0.15) is 0 Å². The van der Waals surface area contributed by atoms with Gasteiger partial charge in [0, 0.05) is 0 Å². The van der Waals surface area contributed by atoms with Crippen molar-refractivity contribution in [1.29, 1.82) is 0 Å². The van der Waals surface area contributed by atoms with E-state index >= 15 is 0 Å². The van der Waals surface area contributed by atoms with E-state index in [1.54, 1.807) is 0 Å². The number of rotatable bonds is 4. The Morgan fingerprint density at radius 3 is 2.33 bits per heavy atom. The lowest BCUT2D eigenvalue weighted by Crippen LogP contribution is -1.92. The molecular weight excluding hydrogens is 148 g/mol. The Balaban J connectivity index is 3.89. The van der Waals surface area contributed by atoms with Crippen molar-refractivity contribution in [2.75, 3.05) is 6.61 Å². The first-order chi connectivity index (χ1) is 5.56. The average Bonchev–Trinajstić information content (AvgIpc) is 2.00. The summed E-state index contributed by atoms with van der Waals surface area (Å²) in [7, 11) is 0. The molecule has 0 aromatic rings. The second-order valence-corrected chi connectivity index (χ2v) is 3.67. The second-order valence-electron chi connectivity index (χ2n) is 3.67. The lowest BCUT2D eigenvalue weighted by atomic mass is 10.0. The first-order valence-electron chi connectivity index (χ1n) is 4.47. The summed E-state index contributed by atoms with van der Waals surface area (Å²) in [4.78, 5) is 0. The van der Waals surface area contributed by atoms with E-state index in [1.165, 1.54) is 5.57 Å². The van der Waals surface area contributed by atoms with Gasteiger partial charge < -0.3 is 5.11 Å². The molecule has 0 bridgehead atoms. The predicted octanol–water partition coefficient (Wildman–Crippen LogP) is 2.92. The van der Waals surface area contributed by atoms with Crippen molar-refractivity contribution in [2.24, 2.45) is 5.92 Å². The van der Waals surface area contributed by atoms with Crippen LogP contribution in [0.1, 0.15) is 34.1 Å². The van der Waals surface area contributed by atoms with Crippen LogP contribution in [0.5, 0.6) is 0 Å². The van der Waals surface area contributed by atoms with Crippen LogP contribution in [0, 0.1) is 5.92 Å². The van der Waals surface area contributed by atoms with Crippen LogP contribution in [0.4, 0.5) is 0 Å². The Morgan fingerprint density at radius 2 is 1.92 bits per heavy atom. The number of hydrogen-bond donors (Lipinski definition) is 1. The smallest absolute Gasteiger partial charge is 0.0639 e. The van der Waals surface area contributed by atoms with Crippen LogP contribution in [0.2, 0.25) is 0 Å². The van der Waals surface area contributed by atoms with Crippen molar-refractivity contribution in [3.05, 3.63) is 23.3 Å². The Bertz CT molecular complexity index is 173. The van der Waals surface area contributed by atoms with Gasteiger partial charge in [-0.15, -0.1) is 0 Å². The maximum Gasteiger partial charge on any atom is 0.0639 e. The first kappa shape index (κ1) is 11.4.